The summed E-state index contributed by atoms with van der Waals surface area (Å²) in [4.78, 5) is 0. The summed E-state index contributed by atoms with van der Waals surface area (Å²) < 4.78 is 10.8. The molecule has 5 heteroatoms. The number of hydrogen-bond acceptors (Lipinski definition) is 4. The van der Waals surface area contributed by atoms with E-state index in [4.69, 9.17) is 21.1 Å². The van der Waals surface area contributed by atoms with Gasteiger partial charge in [-0.25, -0.2) is 0 Å². The van der Waals surface area contributed by atoms with E-state index in [0.29, 0.717) is 6.04 Å². The molecule has 1 saturated heterocycles. The van der Waals surface area contributed by atoms with Gasteiger partial charge in [0.15, 0.2) is 0 Å². The monoisotopic (exact) mass is 360 g/mol. The lowest BCUT2D eigenvalue weighted by Crippen LogP contribution is -2.45. The number of nitrogens with one attached hydrogen (secondary N) is 2. The van der Waals surface area contributed by atoms with Crippen molar-refractivity contribution in [2.45, 2.75) is 31.5 Å². The van der Waals surface area contributed by atoms with Crippen LogP contribution in [0.25, 0.3) is 0 Å². The van der Waals surface area contributed by atoms with Crippen LogP contribution in [0.2, 0.25) is 5.02 Å². The second-order valence-electron chi connectivity index (χ2n) is 6.29. The van der Waals surface area contributed by atoms with Gasteiger partial charge in [0.1, 0.15) is 11.5 Å². The molecule has 2 unspecified atom stereocenters. The largest absolute Gasteiger partial charge is 0.497 e. The van der Waals surface area contributed by atoms with Crippen molar-refractivity contribution in [3.8, 4) is 11.5 Å². The molecule has 0 bridgehead atoms. The number of piperidine rings is 1. The number of rotatable bonds is 6. The van der Waals surface area contributed by atoms with Crippen LogP contribution in [0.4, 0.5) is 0 Å². The van der Waals surface area contributed by atoms with Crippen molar-refractivity contribution in [1.82, 2.24) is 10.6 Å². The second kappa shape index (κ2) is 8.56. The maximum absolute atomic E-state index is 6.18. The SMILES string of the molecule is COc1ccc(OC)c(CNC2CCCNC2c2cccc(Cl)c2)c1. The van der Waals surface area contributed by atoms with Crippen LogP contribution in [-0.4, -0.2) is 26.8 Å². The summed E-state index contributed by atoms with van der Waals surface area (Å²) in [6, 6.07) is 14.6. The van der Waals surface area contributed by atoms with E-state index >= 15 is 0 Å². The molecule has 2 aromatic rings. The van der Waals surface area contributed by atoms with Gasteiger partial charge in [-0.15, -0.1) is 0 Å². The Morgan fingerprint density at radius 2 is 2.04 bits per heavy atom. The molecule has 1 aliphatic rings. The Kier molecular flexibility index (Phi) is 6.19. The minimum atomic E-state index is 0.254. The van der Waals surface area contributed by atoms with Crippen LogP contribution in [0, 0.1) is 0 Å². The predicted molar refractivity (Wildman–Crippen MR) is 102 cm³/mol. The van der Waals surface area contributed by atoms with Crippen molar-refractivity contribution in [2.75, 3.05) is 20.8 Å². The second-order valence-corrected chi connectivity index (χ2v) is 6.73. The van der Waals surface area contributed by atoms with E-state index < -0.39 is 0 Å². The van der Waals surface area contributed by atoms with Gasteiger partial charge in [-0.1, -0.05) is 23.7 Å². The van der Waals surface area contributed by atoms with Crippen LogP contribution in [0.3, 0.4) is 0 Å². The molecule has 0 aliphatic carbocycles. The van der Waals surface area contributed by atoms with E-state index in [1.165, 1.54) is 5.56 Å². The van der Waals surface area contributed by atoms with Gasteiger partial charge in [0.05, 0.1) is 14.2 Å². The van der Waals surface area contributed by atoms with Gasteiger partial charge in [0.2, 0.25) is 0 Å². The topological polar surface area (TPSA) is 42.5 Å². The number of halogens is 1. The lowest BCUT2D eigenvalue weighted by Gasteiger charge is -2.34. The molecule has 0 saturated carbocycles. The van der Waals surface area contributed by atoms with Gasteiger partial charge in [0.25, 0.3) is 0 Å². The summed E-state index contributed by atoms with van der Waals surface area (Å²) >= 11 is 6.18. The molecule has 0 amide bonds. The highest BCUT2D eigenvalue weighted by Crippen LogP contribution is 2.28. The molecule has 3 rings (SSSR count). The Balaban J connectivity index is 1.74. The van der Waals surface area contributed by atoms with Gasteiger partial charge >= 0.3 is 0 Å². The van der Waals surface area contributed by atoms with E-state index in [1.54, 1.807) is 14.2 Å². The molecule has 2 atom stereocenters. The van der Waals surface area contributed by atoms with Crippen molar-refractivity contribution in [3.05, 3.63) is 58.6 Å². The average Bonchev–Trinajstić information content (AvgIpc) is 2.66. The van der Waals surface area contributed by atoms with E-state index in [1.807, 2.05) is 36.4 Å². The quantitative estimate of drug-likeness (QED) is 0.818. The highest BCUT2D eigenvalue weighted by atomic mass is 35.5. The van der Waals surface area contributed by atoms with E-state index in [9.17, 15) is 0 Å². The lowest BCUT2D eigenvalue weighted by molar-refractivity contribution is 0.302. The molecule has 4 nitrogen and oxygen atoms in total. The molecular weight excluding hydrogens is 336 g/mol. The fourth-order valence-electron chi connectivity index (χ4n) is 3.42. The van der Waals surface area contributed by atoms with E-state index in [-0.39, 0.29) is 6.04 Å². The zero-order valence-electron chi connectivity index (χ0n) is 14.7. The third kappa shape index (κ3) is 4.46. The van der Waals surface area contributed by atoms with Crippen molar-refractivity contribution >= 4 is 11.6 Å². The third-order valence-corrected chi connectivity index (χ3v) is 4.94. The molecule has 1 fully saturated rings. The molecule has 1 aliphatic heterocycles. The standard InChI is InChI=1S/C20H25ClN2O2/c1-24-17-8-9-19(25-2)15(12-17)13-23-18-7-4-10-22-20(18)14-5-3-6-16(21)11-14/h3,5-6,8-9,11-12,18,20,22-23H,4,7,10,13H2,1-2H3. The molecule has 0 spiro atoms. The first kappa shape index (κ1) is 18.1. The summed E-state index contributed by atoms with van der Waals surface area (Å²) in [6.07, 6.45) is 2.28. The average molecular weight is 361 g/mol. The van der Waals surface area contributed by atoms with Crippen LogP contribution < -0.4 is 20.1 Å². The number of methoxy groups -OCH3 is 2. The van der Waals surface area contributed by atoms with Crippen LogP contribution >= 0.6 is 11.6 Å². The zero-order valence-corrected chi connectivity index (χ0v) is 15.5. The minimum absolute atomic E-state index is 0.254. The number of benzene rings is 2. The Hall–Kier alpha value is -1.75. The fraction of sp³-hybridized carbons (Fsp3) is 0.400. The number of hydrogen-bond donors (Lipinski definition) is 2. The molecule has 134 valence electrons. The van der Waals surface area contributed by atoms with Crippen molar-refractivity contribution in [2.24, 2.45) is 0 Å². The molecule has 2 N–H and O–H groups in total. The molecule has 2 aromatic carbocycles. The van der Waals surface area contributed by atoms with Gasteiger partial charge in [0, 0.05) is 29.2 Å². The van der Waals surface area contributed by atoms with Crippen molar-refractivity contribution in [1.29, 1.82) is 0 Å². The molecule has 25 heavy (non-hydrogen) atoms. The van der Waals surface area contributed by atoms with E-state index in [0.717, 1.165) is 48.0 Å². The summed E-state index contributed by atoms with van der Waals surface area (Å²) in [5.74, 6) is 1.71. The Labute approximate surface area is 154 Å². The van der Waals surface area contributed by atoms with E-state index in [2.05, 4.69) is 16.7 Å². The first-order valence-electron chi connectivity index (χ1n) is 8.64. The number of ether oxygens (including phenoxy) is 2. The normalized spacial score (nSPS) is 20.3. The van der Waals surface area contributed by atoms with Crippen LogP contribution in [-0.2, 0) is 6.54 Å². The Morgan fingerprint density at radius 1 is 1.16 bits per heavy atom. The van der Waals surface area contributed by atoms with Gasteiger partial charge in [-0.05, 0) is 55.3 Å². The zero-order chi connectivity index (χ0) is 17.6. The van der Waals surface area contributed by atoms with Crippen LogP contribution in [0.1, 0.15) is 30.0 Å². The first-order valence-corrected chi connectivity index (χ1v) is 9.02. The highest BCUT2D eigenvalue weighted by molar-refractivity contribution is 6.30. The molecule has 1 heterocycles. The smallest absolute Gasteiger partial charge is 0.123 e. The van der Waals surface area contributed by atoms with Gasteiger partial charge in [-0.2, -0.15) is 0 Å². The highest BCUT2D eigenvalue weighted by Gasteiger charge is 2.26. The summed E-state index contributed by atoms with van der Waals surface area (Å²) in [7, 11) is 3.38. The molecular formula is C20H25ClN2O2. The summed E-state index contributed by atoms with van der Waals surface area (Å²) in [5, 5.41) is 8.09. The summed E-state index contributed by atoms with van der Waals surface area (Å²) in [5.41, 5.74) is 2.32. The maximum Gasteiger partial charge on any atom is 0.123 e. The van der Waals surface area contributed by atoms with Gasteiger partial charge < -0.3 is 20.1 Å². The predicted octanol–water partition coefficient (Wildman–Crippen LogP) is 3.94. The van der Waals surface area contributed by atoms with Crippen LogP contribution in [0.15, 0.2) is 42.5 Å². The molecule has 0 aromatic heterocycles. The summed E-state index contributed by atoms with van der Waals surface area (Å²) in [6.45, 7) is 1.75. The minimum Gasteiger partial charge on any atom is -0.497 e. The maximum atomic E-state index is 6.18. The van der Waals surface area contributed by atoms with Crippen molar-refractivity contribution in [3.63, 3.8) is 0 Å². The Morgan fingerprint density at radius 3 is 2.80 bits per heavy atom. The fourth-order valence-corrected chi connectivity index (χ4v) is 3.62. The van der Waals surface area contributed by atoms with Crippen molar-refractivity contribution < 1.29 is 9.47 Å². The lowest BCUT2D eigenvalue weighted by atomic mass is 9.92. The van der Waals surface area contributed by atoms with Gasteiger partial charge in [-0.3, -0.25) is 0 Å². The molecule has 0 radical (unpaired) electrons. The Bertz CT molecular complexity index is 708. The first-order chi connectivity index (χ1) is 12.2. The third-order valence-electron chi connectivity index (χ3n) is 4.71. The van der Waals surface area contributed by atoms with Crippen LogP contribution in [0.5, 0.6) is 11.5 Å².